The third-order valence-corrected chi connectivity index (χ3v) is 1.61. The van der Waals surface area contributed by atoms with Crippen LogP contribution >= 0.6 is 0 Å². The Hall–Kier alpha value is -1.05. The van der Waals surface area contributed by atoms with Gasteiger partial charge >= 0.3 is 0 Å². The van der Waals surface area contributed by atoms with Gasteiger partial charge in [-0.3, -0.25) is 0 Å². The molecule has 0 spiro atoms. The summed E-state index contributed by atoms with van der Waals surface area (Å²) in [7, 11) is 1.61. The smallest absolute Gasteiger partial charge is 0.121 e. The van der Waals surface area contributed by atoms with Crippen molar-refractivity contribution in [3.05, 3.63) is 29.3 Å². The van der Waals surface area contributed by atoms with Gasteiger partial charge in [0.1, 0.15) is 12.4 Å². The molecule has 0 bridgehead atoms. The molecule has 1 aromatic rings. The minimum atomic E-state index is -0.412. The summed E-state index contributed by atoms with van der Waals surface area (Å²) in [5.74, 6) is 0.808. The van der Waals surface area contributed by atoms with Crippen LogP contribution in [0.4, 0.5) is 4.39 Å². The summed E-state index contributed by atoms with van der Waals surface area (Å²) >= 11 is 0. The van der Waals surface area contributed by atoms with Gasteiger partial charge in [-0.2, -0.15) is 0 Å². The van der Waals surface area contributed by atoms with Crippen molar-refractivity contribution >= 4 is 0 Å². The molecule has 0 fully saturated rings. The van der Waals surface area contributed by atoms with Gasteiger partial charge in [0, 0.05) is 0 Å². The molecule has 0 N–H and O–H groups in total. The van der Waals surface area contributed by atoms with E-state index in [0.717, 1.165) is 11.3 Å². The number of alkyl halides is 1. The molecule has 1 rings (SSSR count). The van der Waals surface area contributed by atoms with Crippen molar-refractivity contribution in [3.63, 3.8) is 0 Å². The molecule has 0 heterocycles. The van der Waals surface area contributed by atoms with Crippen molar-refractivity contribution in [3.8, 4) is 5.75 Å². The maximum atomic E-state index is 12.1. The Balaban J connectivity index is 2.99. The summed E-state index contributed by atoms with van der Waals surface area (Å²) < 4.78 is 17.1. The molecule has 0 aliphatic heterocycles. The fraction of sp³-hybridized carbons (Fsp3) is 0.333. The first kappa shape index (κ1) is 8.05. The van der Waals surface area contributed by atoms with Gasteiger partial charge in [-0.05, 0) is 30.2 Å². The van der Waals surface area contributed by atoms with Crippen LogP contribution in [0.25, 0.3) is 0 Å². The van der Waals surface area contributed by atoms with Crippen LogP contribution in [0, 0.1) is 6.92 Å². The minimum Gasteiger partial charge on any atom is -0.496 e. The summed E-state index contributed by atoms with van der Waals surface area (Å²) in [6, 6.07) is 5.30. The lowest BCUT2D eigenvalue weighted by molar-refractivity contribution is 0.410. The zero-order valence-electron chi connectivity index (χ0n) is 6.73. The Morgan fingerprint density at radius 1 is 1.45 bits per heavy atom. The van der Waals surface area contributed by atoms with Crippen molar-refractivity contribution in [2.45, 2.75) is 13.6 Å². The lowest BCUT2D eigenvalue weighted by Crippen LogP contribution is -1.88. The monoisotopic (exact) mass is 154 g/mol. The van der Waals surface area contributed by atoms with Crippen LogP contribution in [-0.4, -0.2) is 7.11 Å². The van der Waals surface area contributed by atoms with Gasteiger partial charge in [0.05, 0.1) is 7.11 Å². The van der Waals surface area contributed by atoms with E-state index in [-0.39, 0.29) is 0 Å². The molecule has 11 heavy (non-hydrogen) atoms. The molecule has 0 aliphatic rings. The number of ether oxygens (including phenoxy) is 1. The summed E-state index contributed by atoms with van der Waals surface area (Å²) in [4.78, 5) is 0. The molecule has 0 aromatic heterocycles. The zero-order valence-corrected chi connectivity index (χ0v) is 6.73. The fourth-order valence-electron chi connectivity index (χ4n) is 1.02. The topological polar surface area (TPSA) is 9.23 Å². The summed E-state index contributed by atoms with van der Waals surface area (Å²) in [6.07, 6.45) is 0. The highest BCUT2D eigenvalue weighted by atomic mass is 19.1. The van der Waals surface area contributed by atoms with Crippen LogP contribution in [-0.2, 0) is 6.67 Å². The number of halogens is 1. The lowest BCUT2D eigenvalue weighted by atomic mass is 10.1. The van der Waals surface area contributed by atoms with Crippen molar-refractivity contribution in [1.82, 2.24) is 0 Å². The first-order valence-corrected chi connectivity index (χ1v) is 3.47. The van der Waals surface area contributed by atoms with E-state index in [1.54, 1.807) is 25.3 Å². The maximum absolute atomic E-state index is 12.1. The normalized spacial score (nSPS) is 9.73. The minimum absolute atomic E-state index is 0.412. The number of methoxy groups -OCH3 is 1. The molecular formula is C9H11FO. The van der Waals surface area contributed by atoms with Crippen LogP contribution in [0.15, 0.2) is 18.2 Å². The van der Waals surface area contributed by atoms with Crippen molar-refractivity contribution < 1.29 is 9.13 Å². The molecule has 1 nitrogen and oxygen atoms in total. The van der Waals surface area contributed by atoms with Crippen molar-refractivity contribution in [1.29, 1.82) is 0 Å². The Morgan fingerprint density at radius 2 is 2.18 bits per heavy atom. The van der Waals surface area contributed by atoms with Crippen LogP contribution in [0.5, 0.6) is 5.75 Å². The number of rotatable bonds is 2. The number of aryl methyl sites for hydroxylation is 1. The predicted octanol–water partition coefficient (Wildman–Crippen LogP) is 2.47. The summed E-state index contributed by atoms with van der Waals surface area (Å²) in [5.41, 5.74) is 1.67. The number of benzene rings is 1. The third kappa shape index (κ3) is 1.70. The predicted molar refractivity (Wildman–Crippen MR) is 42.5 cm³/mol. The molecule has 0 amide bonds. The summed E-state index contributed by atoms with van der Waals surface area (Å²) in [5, 5.41) is 0. The second-order valence-corrected chi connectivity index (χ2v) is 2.44. The molecule has 1 aromatic carbocycles. The van der Waals surface area contributed by atoms with Gasteiger partial charge in [-0.25, -0.2) is 4.39 Å². The quantitative estimate of drug-likeness (QED) is 0.635. The molecule has 2 heteroatoms. The number of hydrogen-bond donors (Lipinski definition) is 0. The van der Waals surface area contributed by atoms with Crippen LogP contribution in [0.2, 0.25) is 0 Å². The Bertz CT molecular complexity index is 245. The highest BCUT2D eigenvalue weighted by Gasteiger charge is 1.98. The van der Waals surface area contributed by atoms with Crippen LogP contribution in [0.1, 0.15) is 11.1 Å². The molecule has 0 saturated carbocycles. The van der Waals surface area contributed by atoms with E-state index in [4.69, 9.17) is 4.74 Å². The zero-order chi connectivity index (χ0) is 8.27. The first-order chi connectivity index (χ1) is 5.27. The molecule has 0 atom stereocenters. The highest BCUT2D eigenvalue weighted by molar-refractivity contribution is 5.35. The first-order valence-electron chi connectivity index (χ1n) is 3.47. The van der Waals surface area contributed by atoms with Gasteiger partial charge in [-0.15, -0.1) is 0 Å². The molecule has 0 saturated heterocycles. The average Bonchev–Trinajstić information content (AvgIpc) is 2.04. The SMILES string of the molecule is COc1ccc(CF)cc1C. The largest absolute Gasteiger partial charge is 0.496 e. The fourth-order valence-corrected chi connectivity index (χ4v) is 1.02. The standard InChI is InChI=1S/C9H11FO/c1-7-5-8(6-10)3-4-9(7)11-2/h3-5H,6H2,1-2H3. The van der Waals surface area contributed by atoms with E-state index in [9.17, 15) is 4.39 Å². The maximum Gasteiger partial charge on any atom is 0.121 e. The Morgan fingerprint density at radius 3 is 2.64 bits per heavy atom. The average molecular weight is 154 g/mol. The Kier molecular flexibility index (Phi) is 2.47. The van der Waals surface area contributed by atoms with Crippen LogP contribution in [0.3, 0.4) is 0 Å². The van der Waals surface area contributed by atoms with Gasteiger partial charge in [-0.1, -0.05) is 6.07 Å². The van der Waals surface area contributed by atoms with Gasteiger partial charge in [0.2, 0.25) is 0 Å². The molecule has 0 radical (unpaired) electrons. The molecular weight excluding hydrogens is 143 g/mol. The molecule has 60 valence electrons. The van der Waals surface area contributed by atoms with E-state index < -0.39 is 6.67 Å². The van der Waals surface area contributed by atoms with E-state index in [0.29, 0.717) is 5.56 Å². The number of hydrogen-bond acceptors (Lipinski definition) is 1. The lowest BCUT2D eigenvalue weighted by Gasteiger charge is -2.04. The molecule has 0 unspecified atom stereocenters. The van der Waals surface area contributed by atoms with E-state index >= 15 is 0 Å². The van der Waals surface area contributed by atoms with Gasteiger partial charge in [0.25, 0.3) is 0 Å². The van der Waals surface area contributed by atoms with Crippen molar-refractivity contribution in [2.24, 2.45) is 0 Å². The van der Waals surface area contributed by atoms with Gasteiger partial charge < -0.3 is 4.74 Å². The second-order valence-electron chi connectivity index (χ2n) is 2.44. The van der Waals surface area contributed by atoms with E-state index in [1.165, 1.54) is 0 Å². The van der Waals surface area contributed by atoms with E-state index in [1.807, 2.05) is 6.92 Å². The van der Waals surface area contributed by atoms with Crippen LogP contribution < -0.4 is 4.74 Å². The van der Waals surface area contributed by atoms with Crippen molar-refractivity contribution in [2.75, 3.05) is 7.11 Å². The second kappa shape index (κ2) is 3.37. The highest BCUT2D eigenvalue weighted by Crippen LogP contribution is 2.18. The third-order valence-electron chi connectivity index (χ3n) is 1.61. The van der Waals surface area contributed by atoms with E-state index in [2.05, 4.69) is 0 Å². The van der Waals surface area contributed by atoms with Gasteiger partial charge in [0.15, 0.2) is 0 Å². The molecule has 0 aliphatic carbocycles. The summed E-state index contributed by atoms with van der Waals surface area (Å²) in [6.45, 7) is 1.49. The Labute approximate surface area is 65.8 Å².